The number of carbonyl (C=O) groups is 1. The highest BCUT2D eigenvalue weighted by atomic mass is 35.5. The van der Waals surface area contributed by atoms with Gasteiger partial charge in [0.15, 0.2) is 0 Å². The lowest BCUT2D eigenvalue weighted by Gasteiger charge is -2.40. The Bertz CT molecular complexity index is 1140. The van der Waals surface area contributed by atoms with Crippen LogP contribution < -0.4 is 16.4 Å². The van der Waals surface area contributed by atoms with Crippen LogP contribution in [0, 0.1) is 17.0 Å². The summed E-state index contributed by atoms with van der Waals surface area (Å²) < 4.78 is 36.5. The lowest BCUT2D eigenvalue weighted by atomic mass is 9.68. The van der Waals surface area contributed by atoms with Gasteiger partial charge in [0, 0.05) is 36.2 Å². The Balaban J connectivity index is 2.18. The summed E-state index contributed by atoms with van der Waals surface area (Å²) in [6.07, 6.45) is -0.549. The number of nitrogens with one attached hydrogen (secondary N) is 2. The minimum Gasteiger partial charge on any atom is -0.394 e. The molecule has 5 unspecified atom stereocenters. The topological polar surface area (TPSA) is 117 Å². The number of nitrogens with two attached hydrogens (primary N) is 1. The summed E-state index contributed by atoms with van der Waals surface area (Å²) >= 11 is 12.2. The Morgan fingerprint density at radius 3 is 2.63 bits per heavy atom. The summed E-state index contributed by atoms with van der Waals surface area (Å²) in [6.45, 7) is 3.86. The van der Waals surface area contributed by atoms with Crippen LogP contribution in [-0.4, -0.2) is 61.2 Å². The van der Waals surface area contributed by atoms with Crippen molar-refractivity contribution in [2.24, 2.45) is 11.1 Å². The smallest absolute Gasteiger partial charge is 0.237 e. The first kappa shape index (κ1) is 30.7. The van der Waals surface area contributed by atoms with Crippen LogP contribution in [0.1, 0.15) is 43.7 Å². The lowest BCUT2D eigenvalue weighted by molar-refractivity contribution is -0.123. The maximum atomic E-state index is 15.6. The van der Waals surface area contributed by atoms with Gasteiger partial charge in [-0.3, -0.25) is 4.79 Å². The molecule has 0 aliphatic carbocycles. The van der Waals surface area contributed by atoms with Crippen LogP contribution in [0.25, 0.3) is 0 Å². The van der Waals surface area contributed by atoms with Crippen molar-refractivity contribution in [3.05, 3.63) is 69.2 Å². The van der Waals surface area contributed by atoms with Crippen molar-refractivity contribution >= 4 is 29.1 Å². The number of carbonyl (C=O) groups excluding carboxylic acids is 1. The highest BCUT2D eigenvalue weighted by Crippen LogP contribution is 2.49. The molecule has 1 aliphatic heterocycles. The molecule has 1 amide bonds. The Kier molecular flexibility index (Phi) is 10.1. The zero-order chi connectivity index (χ0) is 28.3. The van der Waals surface area contributed by atoms with Gasteiger partial charge in [0.2, 0.25) is 5.91 Å². The molecule has 5 atom stereocenters. The standard InChI is InChI=1S/C27H35Cl2F2N3O4/c1-26(2,14-38-3)12-21-27(32,18-8-7-15(28)11-20(18)30)22(17-5-4-6-19(29)23(17)31)24(34-21)25(37)33-10-9-16(36)13-35/h4-8,11,16,21-22,24,34-36H,9-10,12-14,32H2,1-3H3,(H,33,37). The molecule has 0 saturated carbocycles. The van der Waals surface area contributed by atoms with E-state index in [2.05, 4.69) is 10.6 Å². The molecule has 2 aromatic carbocycles. The molecule has 0 aromatic heterocycles. The minimum atomic E-state index is -1.61. The fraction of sp³-hybridized carbons (Fsp3) is 0.519. The number of benzene rings is 2. The van der Waals surface area contributed by atoms with Gasteiger partial charge in [-0.25, -0.2) is 8.78 Å². The van der Waals surface area contributed by atoms with Crippen LogP contribution in [-0.2, 0) is 15.1 Å². The molecule has 210 valence electrons. The van der Waals surface area contributed by atoms with Gasteiger partial charge >= 0.3 is 0 Å². The highest BCUT2D eigenvalue weighted by molar-refractivity contribution is 6.31. The van der Waals surface area contributed by atoms with Gasteiger partial charge in [0.25, 0.3) is 0 Å². The minimum absolute atomic E-state index is 0.0518. The van der Waals surface area contributed by atoms with Crippen LogP contribution in [0.2, 0.25) is 10.0 Å². The predicted octanol–water partition coefficient (Wildman–Crippen LogP) is 3.47. The number of amides is 1. The van der Waals surface area contributed by atoms with Crippen LogP contribution in [0.4, 0.5) is 8.78 Å². The fourth-order valence-electron chi connectivity index (χ4n) is 5.36. The second-order valence-corrected chi connectivity index (χ2v) is 11.4. The van der Waals surface area contributed by atoms with Gasteiger partial charge in [-0.1, -0.05) is 55.2 Å². The molecule has 1 saturated heterocycles. The van der Waals surface area contributed by atoms with Gasteiger partial charge in [-0.05, 0) is 42.0 Å². The third kappa shape index (κ3) is 6.47. The quantitative estimate of drug-likeness (QED) is 0.281. The molecular weight excluding hydrogens is 539 g/mol. The first-order valence-corrected chi connectivity index (χ1v) is 13.1. The third-order valence-electron chi connectivity index (χ3n) is 7.08. The number of methoxy groups -OCH3 is 1. The van der Waals surface area contributed by atoms with E-state index in [1.165, 1.54) is 24.3 Å². The van der Waals surface area contributed by atoms with Crippen molar-refractivity contribution < 1.29 is 28.5 Å². The maximum Gasteiger partial charge on any atom is 0.237 e. The summed E-state index contributed by atoms with van der Waals surface area (Å²) in [4.78, 5) is 13.5. The number of ether oxygens (including phenoxy) is 1. The van der Waals surface area contributed by atoms with E-state index in [1.54, 1.807) is 13.2 Å². The van der Waals surface area contributed by atoms with Crippen molar-refractivity contribution in [2.45, 2.75) is 56.3 Å². The summed E-state index contributed by atoms with van der Waals surface area (Å²) in [5, 5.41) is 24.8. The summed E-state index contributed by atoms with van der Waals surface area (Å²) in [5.41, 5.74) is 5.22. The fourth-order valence-corrected chi connectivity index (χ4v) is 5.70. The number of hydrogen-bond donors (Lipinski definition) is 5. The Morgan fingerprint density at radius 2 is 2.00 bits per heavy atom. The predicted molar refractivity (Wildman–Crippen MR) is 143 cm³/mol. The molecular formula is C27H35Cl2F2N3O4. The summed E-state index contributed by atoms with van der Waals surface area (Å²) in [6, 6.07) is 6.73. The second-order valence-electron chi connectivity index (χ2n) is 10.6. The van der Waals surface area contributed by atoms with Crippen LogP contribution >= 0.6 is 23.2 Å². The normalized spacial score (nSPS) is 24.4. The first-order chi connectivity index (χ1) is 17.9. The molecule has 7 nitrogen and oxygen atoms in total. The van der Waals surface area contributed by atoms with Crippen LogP contribution in [0.3, 0.4) is 0 Å². The van der Waals surface area contributed by atoms with E-state index in [4.69, 9.17) is 38.8 Å². The zero-order valence-corrected chi connectivity index (χ0v) is 23.1. The van der Waals surface area contributed by atoms with Crippen molar-refractivity contribution in [1.29, 1.82) is 0 Å². The number of aliphatic hydroxyl groups excluding tert-OH is 2. The van der Waals surface area contributed by atoms with Gasteiger partial charge in [-0.2, -0.15) is 0 Å². The van der Waals surface area contributed by atoms with Crippen molar-refractivity contribution in [3.8, 4) is 0 Å². The zero-order valence-electron chi connectivity index (χ0n) is 21.6. The lowest BCUT2D eigenvalue weighted by Crippen LogP contribution is -2.53. The SMILES string of the molecule is COCC(C)(C)CC1NC(C(=O)NCCC(O)CO)C(c2cccc(Cl)c2F)C1(N)c1ccc(Cl)cc1F. The Labute approximate surface area is 231 Å². The molecule has 6 N–H and O–H groups in total. The van der Waals surface area contributed by atoms with Crippen molar-refractivity contribution in [3.63, 3.8) is 0 Å². The largest absolute Gasteiger partial charge is 0.394 e. The molecule has 1 heterocycles. The molecule has 2 aromatic rings. The number of halogens is 4. The van der Waals surface area contributed by atoms with E-state index in [1.807, 2.05) is 13.8 Å². The van der Waals surface area contributed by atoms with Crippen LogP contribution in [0.5, 0.6) is 0 Å². The average molecular weight is 574 g/mol. The summed E-state index contributed by atoms with van der Waals surface area (Å²) in [5.74, 6) is -3.04. The molecule has 3 rings (SSSR count). The molecule has 11 heteroatoms. The van der Waals surface area contributed by atoms with Crippen molar-refractivity contribution in [2.75, 3.05) is 26.9 Å². The van der Waals surface area contributed by atoms with E-state index < -0.39 is 59.2 Å². The molecule has 1 fully saturated rings. The van der Waals surface area contributed by atoms with E-state index in [0.717, 1.165) is 6.07 Å². The number of rotatable bonds is 11. The molecule has 38 heavy (non-hydrogen) atoms. The molecule has 1 aliphatic rings. The van der Waals surface area contributed by atoms with Crippen LogP contribution in [0.15, 0.2) is 36.4 Å². The second kappa shape index (κ2) is 12.6. The van der Waals surface area contributed by atoms with Gasteiger partial charge < -0.3 is 31.3 Å². The number of aliphatic hydroxyl groups is 2. The average Bonchev–Trinajstić information content (AvgIpc) is 3.12. The van der Waals surface area contributed by atoms with E-state index in [0.29, 0.717) is 13.0 Å². The molecule has 0 bridgehead atoms. The van der Waals surface area contributed by atoms with E-state index in [9.17, 15) is 9.90 Å². The summed E-state index contributed by atoms with van der Waals surface area (Å²) in [7, 11) is 1.57. The van der Waals surface area contributed by atoms with Crippen molar-refractivity contribution in [1.82, 2.24) is 10.6 Å². The van der Waals surface area contributed by atoms with Gasteiger partial charge in [-0.15, -0.1) is 0 Å². The highest BCUT2D eigenvalue weighted by Gasteiger charge is 2.58. The van der Waals surface area contributed by atoms with E-state index >= 15 is 8.78 Å². The molecule has 0 radical (unpaired) electrons. The Hall–Kier alpha value is -1.85. The Morgan fingerprint density at radius 1 is 1.29 bits per heavy atom. The van der Waals surface area contributed by atoms with Gasteiger partial charge in [0.05, 0.1) is 35.9 Å². The van der Waals surface area contributed by atoms with Gasteiger partial charge in [0.1, 0.15) is 11.6 Å². The first-order valence-electron chi connectivity index (χ1n) is 12.4. The van der Waals surface area contributed by atoms with E-state index in [-0.39, 0.29) is 34.1 Å². The number of hydrogen-bond acceptors (Lipinski definition) is 6. The maximum absolute atomic E-state index is 15.6. The molecule has 0 spiro atoms. The third-order valence-corrected chi connectivity index (χ3v) is 7.61. The monoisotopic (exact) mass is 573 g/mol.